The highest BCUT2D eigenvalue weighted by Crippen LogP contribution is 2.45. The van der Waals surface area contributed by atoms with E-state index in [2.05, 4.69) is 5.32 Å². The lowest BCUT2D eigenvalue weighted by Crippen LogP contribution is -2.46. The average molecular weight is 424 g/mol. The smallest absolute Gasteiger partial charge is 0.344 e. The van der Waals surface area contributed by atoms with Crippen molar-refractivity contribution in [1.82, 2.24) is 10.2 Å². The summed E-state index contributed by atoms with van der Waals surface area (Å²) in [4.78, 5) is 39.6. The number of hydrogen-bond donors (Lipinski definition) is 1. The topological polar surface area (TPSA) is 94.2 Å². The number of benzene rings is 2. The van der Waals surface area contributed by atoms with Gasteiger partial charge in [-0.15, -0.1) is 0 Å². The Morgan fingerprint density at radius 2 is 1.87 bits per heavy atom. The van der Waals surface area contributed by atoms with Gasteiger partial charge in [-0.25, -0.2) is 4.79 Å². The van der Waals surface area contributed by atoms with Crippen LogP contribution in [0, 0.1) is 6.92 Å². The Hall–Kier alpha value is -3.55. The minimum Gasteiger partial charge on any atom is -0.493 e. The zero-order valence-electron chi connectivity index (χ0n) is 17.6. The van der Waals surface area contributed by atoms with E-state index < -0.39 is 18.2 Å². The van der Waals surface area contributed by atoms with Crippen LogP contribution in [0.4, 0.5) is 0 Å². The van der Waals surface area contributed by atoms with E-state index >= 15 is 0 Å². The lowest BCUT2D eigenvalue weighted by Gasteiger charge is -2.29. The van der Waals surface area contributed by atoms with Gasteiger partial charge in [0.25, 0.3) is 0 Å². The highest BCUT2D eigenvalue weighted by Gasteiger charge is 2.47. The van der Waals surface area contributed by atoms with Gasteiger partial charge in [0.15, 0.2) is 11.5 Å². The van der Waals surface area contributed by atoms with Gasteiger partial charge in [-0.2, -0.15) is 0 Å². The number of nitrogens with one attached hydrogen (secondary N) is 1. The SMILES string of the molecule is COc1ccc2c(c1OC)C(=O)O[C@@H]2N1C(=O)CC[C@H]1C(=O)NCc1ccc(C)cc1. The number of methoxy groups -OCH3 is 2. The first kappa shape index (κ1) is 20.7. The maximum atomic E-state index is 12.9. The Morgan fingerprint density at radius 3 is 2.55 bits per heavy atom. The number of amides is 2. The molecule has 0 saturated carbocycles. The van der Waals surface area contributed by atoms with E-state index in [9.17, 15) is 14.4 Å². The Kier molecular flexibility index (Phi) is 5.54. The summed E-state index contributed by atoms with van der Waals surface area (Å²) in [6.45, 7) is 2.35. The molecule has 1 saturated heterocycles. The van der Waals surface area contributed by atoms with E-state index in [1.54, 1.807) is 12.1 Å². The molecule has 8 nitrogen and oxygen atoms in total. The normalized spacial score (nSPS) is 19.8. The maximum Gasteiger partial charge on any atom is 0.344 e. The van der Waals surface area contributed by atoms with E-state index in [1.807, 2.05) is 31.2 Å². The van der Waals surface area contributed by atoms with Crippen LogP contribution in [0.5, 0.6) is 11.5 Å². The third kappa shape index (κ3) is 3.69. The number of carbonyl (C=O) groups is 3. The first-order chi connectivity index (χ1) is 14.9. The van der Waals surface area contributed by atoms with Crippen molar-refractivity contribution in [3.05, 3.63) is 58.7 Å². The summed E-state index contributed by atoms with van der Waals surface area (Å²) in [7, 11) is 2.90. The van der Waals surface area contributed by atoms with Crippen molar-refractivity contribution >= 4 is 17.8 Å². The van der Waals surface area contributed by atoms with Crippen LogP contribution in [-0.4, -0.2) is 42.9 Å². The summed E-state index contributed by atoms with van der Waals surface area (Å²) >= 11 is 0. The molecule has 2 heterocycles. The molecule has 2 atom stereocenters. The second-order valence-corrected chi connectivity index (χ2v) is 7.58. The van der Waals surface area contributed by atoms with E-state index in [-0.39, 0.29) is 29.5 Å². The third-order valence-electron chi connectivity index (χ3n) is 5.66. The molecular weight excluding hydrogens is 400 g/mol. The molecule has 162 valence electrons. The quantitative estimate of drug-likeness (QED) is 0.716. The van der Waals surface area contributed by atoms with Crippen LogP contribution < -0.4 is 14.8 Å². The number of carbonyl (C=O) groups excluding carboxylic acids is 3. The summed E-state index contributed by atoms with van der Waals surface area (Å²) in [5.74, 6) is -0.500. The molecule has 2 aliphatic rings. The fraction of sp³-hybridized carbons (Fsp3) is 0.348. The van der Waals surface area contributed by atoms with E-state index in [0.29, 0.717) is 24.3 Å². The van der Waals surface area contributed by atoms with Gasteiger partial charge < -0.3 is 19.5 Å². The van der Waals surface area contributed by atoms with Gasteiger partial charge in [0.1, 0.15) is 11.6 Å². The summed E-state index contributed by atoms with van der Waals surface area (Å²) < 4.78 is 16.1. The fourth-order valence-corrected chi connectivity index (χ4v) is 4.06. The largest absolute Gasteiger partial charge is 0.493 e. The Bertz CT molecular complexity index is 1030. The average Bonchev–Trinajstić information content (AvgIpc) is 3.32. The van der Waals surface area contributed by atoms with Gasteiger partial charge in [0, 0.05) is 18.5 Å². The highest BCUT2D eigenvalue weighted by atomic mass is 16.6. The molecule has 8 heteroatoms. The molecule has 0 bridgehead atoms. The van der Waals surface area contributed by atoms with Gasteiger partial charge in [0.2, 0.25) is 18.0 Å². The summed E-state index contributed by atoms with van der Waals surface area (Å²) in [5.41, 5.74) is 2.79. The number of esters is 1. The molecule has 4 rings (SSSR count). The number of nitrogens with zero attached hydrogens (tertiary/aromatic N) is 1. The van der Waals surface area contributed by atoms with Gasteiger partial charge in [0.05, 0.1) is 14.2 Å². The fourth-order valence-electron chi connectivity index (χ4n) is 4.06. The monoisotopic (exact) mass is 424 g/mol. The molecule has 2 aliphatic heterocycles. The van der Waals surface area contributed by atoms with Crippen molar-refractivity contribution < 1.29 is 28.6 Å². The molecule has 1 fully saturated rings. The highest BCUT2D eigenvalue weighted by molar-refractivity contribution is 5.99. The van der Waals surface area contributed by atoms with Crippen LogP contribution in [0.2, 0.25) is 0 Å². The lowest BCUT2D eigenvalue weighted by atomic mass is 10.0. The van der Waals surface area contributed by atoms with Gasteiger partial charge in [-0.05, 0) is 31.0 Å². The molecule has 0 unspecified atom stereocenters. The van der Waals surface area contributed by atoms with Crippen LogP contribution in [0.25, 0.3) is 0 Å². The third-order valence-corrected chi connectivity index (χ3v) is 5.66. The first-order valence-electron chi connectivity index (χ1n) is 10.0. The molecule has 2 amide bonds. The molecule has 0 aromatic heterocycles. The molecule has 1 N–H and O–H groups in total. The number of ether oxygens (including phenoxy) is 3. The molecule has 2 aromatic rings. The van der Waals surface area contributed by atoms with Crippen molar-refractivity contribution in [3.63, 3.8) is 0 Å². The van der Waals surface area contributed by atoms with Crippen molar-refractivity contribution in [2.24, 2.45) is 0 Å². The molecular formula is C23H24N2O6. The van der Waals surface area contributed by atoms with E-state index in [4.69, 9.17) is 14.2 Å². The zero-order valence-corrected chi connectivity index (χ0v) is 17.6. The van der Waals surface area contributed by atoms with Gasteiger partial charge in [-0.3, -0.25) is 14.5 Å². The molecule has 0 radical (unpaired) electrons. The van der Waals surface area contributed by atoms with E-state index in [1.165, 1.54) is 19.1 Å². The number of hydrogen-bond acceptors (Lipinski definition) is 6. The summed E-state index contributed by atoms with van der Waals surface area (Å²) in [6.07, 6.45) is -0.415. The first-order valence-corrected chi connectivity index (χ1v) is 10.0. The van der Waals surface area contributed by atoms with Crippen LogP contribution in [0.1, 0.15) is 46.1 Å². The van der Waals surface area contributed by atoms with Gasteiger partial charge in [-0.1, -0.05) is 29.8 Å². The van der Waals surface area contributed by atoms with Crippen molar-refractivity contribution in [3.8, 4) is 11.5 Å². The van der Waals surface area contributed by atoms with Crippen LogP contribution in [0.3, 0.4) is 0 Å². The Morgan fingerprint density at radius 1 is 1.13 bits per heavy atom. The summed E-state index contributed by atoms with van der Waals surface area (Å²) in [6, 6.07) is 10.4. The van der Waals surface area contributed by atoms with E-state index in [0.717, 1.165) is 11.1 Å². The second kappa shape index (κ2) is 8.29. The molecule has 0 spiro atoms. The van der Waals surface area contributed by atoms with Crippen LogP contribution in [-0.2, 0) is 20.9 Å². The minimum atomic E-state index is -0.979. The molecule has 0 aliphatic carbocycles. The Labute approximate surface area is 180 Å². The van der Waals surface area contributed by atoms with Gasteiger partial charge >= 0.3 is 5.97 Å². The number of fused-ring (bicyclic) bond motifs is 1. The maximum absolute atomic E-state index is 12.9. The standard InChI is InChI=1S/C23H24N2O6/c1-13-4-6-14(7-5-13)12-24-21(27)16-9-11-18(26)25(16)22-15-8-10-17(29-2)20(30-3)19(15)23(28)31-22/h4-8,10,16,22H,9,11-12H2,1-3H3,(H,24,27)/t16-,22-/m0/s1. The predicted molar refractivity (Wildman–Crippen MR) is 111 cm³/mol. The molecule has 2 aromatic carbocycles. The van der Waals surface area contributed by atoms with Crippen molar-refractivity contribution in [1.29, 1.82) is 0 Å². The van der Waals surface area contributed by atoms with Crippen LogP contribution >= 0.6 is 0 Å². The molecule has 31 heavy (non-hydrogen) atoms. The number of rotatable bonds is 6. The van der Waals surface area contributed by atoms with Crippen molar-refractivity contribution in [2.45, 2.75) is 38.6 Å². The van der Waals surface area contributed by atoms with Crippen LogP contribution in [0.15, 0.2) is 36.4 Å². The number of likely N-dealkylation sites (tertiary alicyclic amines) is 1. The zero-order chi connectivity index (χ0) is 22.1. The Balaban J connectivity index is 1.57. The second-order valence-electron chi connectivity index (χ2n) is 7.58. The van der Waals surface area contributed by atoms with Crippen molar-refractivity contribution in [2.75, 3.05) is 14.2 Å². The number of cyclic esters (lactones) is 1. The minimum absolute atomic E-state index is 0.208. The summed E-state index contributed by atoms with van der Waals surface area (Å²) in [5, 5.41) is 2.89. The predicted octanol–water partition coefficient (Wildman–Crippen LogP) is 2.49. The lowest BCUT2D eigenvalue weighted by molar-refractivity contribution is -0.145. The number of aryl methyl sites for hydroxylation is 1.